The lowest BCUT2D eigenvalue weighted by Gasteiger charge is -2.22. The van der Waals surface area contributed by atoms with Gasteiger partial charge in [-0.1, -0.05) is 35.9 Å². The van der Waals surface area contributed by atoms with Crippen LogP contribution < -0.4 is 10.2 Å². The lowest BCUT2D eigenvalue weighted by molar-refractivity contribution is -0.132. The summed E-state index contributed by atoms with van der Waals surface area (Å²) in [4.78, 5) is 26.9. The number of amides is 1. The first-order chi connectivity index (χ1) is 16.1. The molecule has 10 heteroatoms. The second-order valence-corrected chi connectivity index (χ2v) is 11.8. The maximum absolute atomic E-state index is 12.8. The van der Waals surface area contributed by atoms with Crippen molar-refractivity contribution in [1.29, 1.82) is 0 Å². The van der Waals surface area contributed by atoms with Gasteiger partial charge in [0.1, 0.15) is 0 Å². The van der Waals surface area contributed by atoms with Crippen LogP contribution in [-0.2, 0) is 4.79 Å². The van der Waals surface area contributed by atoms with Crippen LogP contribution in [0.15, 0.2) is 17.5 Å². The van der Waals surface area contributed by atoms with E-state index in [1.807, 2.05) is 6.07 Å². The highest BCUT2D eigenvalue weighted by Crippen LogP contribution is 2.53. The average molecular weight is 577 g/mol. The van der Waals surface area contributed by atoms with Gasteiger partial charge in [-0.3, -0.25) is 9.89 Å². The topological polar surface area (TPSA) is 90.0 Å². The zero-order valence-corrected chi connectivity index (χ0v) is 21.6. The monoisotopic (exact) mass is 577 g/mol. The number of H-pyrrole nitrogens is 1. The number of thiophene rings is 1. The summed E-state index contributed by atoms with van der Waals surface area (Å²) in [6.07, 6.45) is 4.56. The Morgan fingerprint density at radius 2 is 2.09 bits per heavy atom. The first kappa shape index (κ1) is 21.6. The molecule has 0 radical (unpaired) electrons. The molecule has 4 atom stereocenters. The summed E-state index contributed by atoms with van der Waals surface area (Å²) in [5.74, 6) is 3.82. The van der Waals surface area contributed by atoms with Crippen molar-refractivity contribution in [3.05, 3.63) is 23.2 Å². The number of likely N-dealkylation sites (tertiary alicyclic amines) is 1. The number of rotatable bonds is 7. The zero-order chi connectivity index (χ0) is 22.5. The number of hydrogen-bond donors (Lipinski definition) is 2. The molecule has 0 spiro atoms. The van der Waals surface area contributed by atoms with Crippen molar-refractivity contribution >= 4 is 67.6 Å². The van der Waals surface area contributed by atoms with Gasteiger partial charge in [0.2, 0.25) is 11.9 Å². The molecule has 2 aliphatic heterocycles. The van der Waals surface area contributed by atoms with Gasteiger partial charge in [0, 0.05) is 38.2 Å². The standard InChI is InChI=1S/C23H28IN7OS/c1-2-5-15(24)17-10-18(29-28-17)26-21-20-16(6-9-33-20)25-23(27-21)31-11-13-14(12-31)19(13)22(32)30-7-3-4-8-30/h6,9-10,13-15,19H,2-5,7-8,11-12H2,1H3,(H2,25,26,27,28,29)/t13-,14+,15?,19?. The Morgan fingerprint density at radius 1 is 1.30 bits per heavy atom. The van der Waals surface area contributed by atoms with Gasteiger partial charge >= 0.3 is 0 Å². The summed E-state index contributed by atoms with van der Waals surface area (Å²) in [6.45, 7) is 5.81. The number of halogens is 1. The Labute approximate surface area is 210 Å². The Hall–Kier alpha value is -1.95. The first-order valence-electron chi connectivity index (χ1n) is 11.9. The molecular formula is C23H28IN7OS. The lowest BCUT2D eigenvalue weighted by Crippen LogP contribution is -2.34. The highest BCUT2D eigenvalue weighted by Gasteiger charge is 2.60. The van der Waals surface area contributed by atoms with Crippen LogP contribution >= 0.6 is 33.9 Å². The number of nitrogens with zero attached hydrogens (tertiary/aromatic N) is 5. The fourth-order valence-corrected chi connectivity index (χ4v) is 7.09. The summed E-state index contributed by atoms with van der Waals surface area (Å²) in [5.41, 5.74) is 2.08. The molecule has 3 aromatic rings. The molecule has 0 bridgehead atoms. The van der Waals surface area contributed by atoms with Crippen LogP contribution in [0.3, 0.4) is 0 Å². The number of fused-ring (bicyclic) bond motifs is 2. The minimum atomic E-state index is 0.216. The molecule has 1 saturated carbocycles. The second-order valence-electron chi connectivity index (χ2n) is 9.39. The van der Waals surface area contributed by atoms with E-state index in [9.17, 15) is 4.79 Å². The van der Waals surface area contributed by atoms with Crippen molar-refractivity contribution in [2.24, 2.45) is 17.8 Å². The molecule has 2 saturated heterocycles. The summed E-state index contributed by atoms with van der Waals surface area (Å²) in [6, 6.07) is 4.12. The fourth-order valence-electron chi connectivity index (χ4n) is 5.37. The Bertz CT molecular complexity index is 1160. The molecule has 2 unspecified atom stereocenters. The van der Waals surface area contributed by atoms with Crippen molar-refractivity contribution in [1.82, 2.24) is 25.1 Å². The number of nitrogens with one attached hydrogen (secondary N) is 2. The number of anilines is 3. The zero-order valence-electron chi connectivity index (χ0n) is 18.6. The number of piperidine rings is 1. The predicted molar refractivity (Wildman–Crippen MR) is 139 cm³/mol. The van der Waals surface area contributed by atoms with E-state index in [4.69, 9.17) is 9.97 Å². The number of hydrogen-bond acceptors (Lipinski definition) is 7. The van der Waals surface area contributed by atoms with Gasteiger partial charge in [0.15, 0.2) is 11.6 Å². The van der Waals surface area contributed by atoms with Gasteiger partial charge in [-0.15, -0.1) is 11.3 Å². The molecule has 1 amide bonds. The molecule has 33 heavy (non-hydrogen) atoms. The number of aromatic amines is 1. The van der Waals surface area contributed by atoms with E-state index in [0.717, 1.165) is 85.4 Å². The molecule has 3 aromatic heterocycles. The van der Waals surface area contributed by atoms with Crippen LogP contribution in [0.1, 0.15) is 42.2 Å². The van der Waals surface area contributed by atoms with Gasteiger partial charge in [0.05, 0.1) is 19.8 Å². The molecule has 8 nitrogen and oxygen atoms in total. The van der Waals surface area contributed by atoms with Crippen LogP contribution in [0.2, 0.25) is 0 Å². The molecule has 1 aliphatic carbocycles. The molecule has 174 valence electrons. The third kappa shape index (κ3) is 3.98. The van der Waals surface area contributed by atoms with E-state index in [1.165, 1.54) is 0 Å². The van der Waals surface area contributed by atoms with Gasteiger partial charge in [-0.25, -0.2) is 4.98 Å². The first-order valence-corrected chi connectivity index (χ1v) is 14.0. The summed E-state index contributed by atoms with van der Waals surface area (Å²) < 4.78 is 1.46. The second kappa shape index (κ2) is 8.68. The van der Waals surface area contributed by atoms with Gasteiger partial charge < -0.3 is 15.1 Å². The van der Waals surface area contributed by atoms with Gasteiger partial charge in [-0.2, -0.15) is 10.1 Å². The van der Waals surface area contributed by atoms with E-state index < -0.39 is 0 Å². The third-order valence-corrected chi connectivity index (χ3v) is 9.40. The molecule has 2 N–H and O–H groups in total. The summed E-state index contributed by atoms with van der Waals surface area (Å²) >= 11 is 4.10. The van der Waals surface area contributed by atoms with Crippen molar-refractivity contribution in [3.63, 3.8) is 0 Å². The van der Waals surface area contributed by atoms with Crippen LogP contribution in [-0.4, -0.2) is 57.2 Å². The fraction of sp³-hybridized carbons (Fsp3) is 0.565. The van der Waals surface area contributed by atoms with Crippen LogP contribution in [0.4, 0.5) is 17.6 Å². The predicted octanol–water partition coefficient (Wildman–Crippen LogP) is 4.74. The highest BCUT2D eigenvalue weighted by molar-refractivity contribution is 14.1. The Balaban J connectivity index is 1.18. The van der Waals surface area contributed by atoms with E-state index in [0.29, 0.717) is 21.7 Å². The van der Waals surface area contributed by atoms with Crippen molar-refractivity contribution in [2.75, 3.05) is 36.4 Å². The van der Waals surface area contributed by atoms with Crippen LogP contribution in [0, 0.1) is 17.8 Å². The smallest absolute Gasteiger partial charge is 0.227 e. The maximum atomic E-state index is 12.8. The largest absolute Gasteiger partial charge is 0.342 e. The molecule has 6 rings (SSSR count). The Morgan fingerprint density at radius 3 is 2.85 bits per heavy atom. The number of carbonyl (C=O) groups is 1. The van der Waals surface area contributed by atoms with E-state index in [-0.39, 0.29) is 5.92 Å². The number of alkyl halides is 1. The van der Waals surface area contributed by atoms with E-state index in [1.54, 1.807) is 11.3 Å². The van der Waals surface area contributed by atoms with E-state index >= 15 is 0 Å². The van der Waals surface area contributed by atoms with Gasteiger partial charge in [-0.05, 0) is 42.5 Å². The molecule has 0 aromatic carbocycles. The number of carbonyl (C=O) groups excluding carboxylic acids is 1. The SMILES string of the molecule is CCCC(I)c1cc(Nc2nc(N3C[C@@H]4C(C(=O)N5CCCC5)[C@@H]4C3)nc3ccsc23)n[nH]1. The minimum absolute atomic E-state index is 0.216. The minimum Gasteiger partial charge on any atom is -0.342 e. The molecule has 3 fully saturated rings. The van der Waals surface area contributed by atoms with Crippen LogP contribution in [0.25, 0.3) is 10.2 Å². The maximum Gasteiger partial charge on any atom is 0.227 e. The molecular weight excluding hydrogens is 549 g/mol. The Kier molecular flexibility index (Phi) is 5.68. The normalized spacial score (nSPS) is 25.0. The summed E-state index contributed by atoms with van der Waals surface area (Å²) in [5, 5.41) is 13.1. The van der Waals surface area contributed by atoms with E-state index in [2.05, 4.69) is 66.3 Å². The van der Waals surface area contributed by atoms with Gasteiger partial charge in [0.25, 0.3) is 0 Å². The quantitative estimate of drug-likeness (QED) is 0.312. The van der Waals surface area contributed by atoms with Crippen LogP contribution in [0.5, 0.6) is 0 Å². The van der Waals surface area contributed by atoms with Crippen molar-refractivity contribution in [3.8, 4) is 0 Å². The molecule has 5 heterocycles. The lowest BCUT2D eigenvalue weighted by atomic mass is 10.2. The van der Waals surface area contributed by atoms with Crippen molar-refractivity contribution in [2.45, 2.75) is 36.5 Å². The summed E-state index contributed by atoms with van der Waals surface area (Å²) in [7, 11) is 0. The highest BCUT2D eigenvalue weighted by atomic mass is 127. The third-order valence-electron chi connectivity index (χ3n) is 7.20. The van der Waals surface area contributed by atoms with Crippen molar-refractivity contribution < 1.29 is 4.79 Å². The molecule has 3 aliphatic rings. The number of aromatic nitrogens is 4. The average Bonchev–Trinajstić information content (AvgIpc) is 3.45.